The Morgan fingerprint density at radius 2 is 1.53 bits per heavy atom. The molecular weight excluding hydrogens is 560 g/mol. The van der Waals surface area contributed by atoms with E-state index in [1.54, 1.807) is 0 Å². The molecule has 2 fully saturated rings. The van der Waals surface area contributed by atoms with E-state index in [0.29, 0.717) is 47.0 Å². The second-order valence-corrected chi connectivity index (χ2v) is 14.2. The maximum absolute atomic E-state index is 12.8. The van der Waals surface area contributed by atoms with Gasteiger partial charge in [0.1, 0.15) is 30.7 Å². The molecule has 0 radical (unpaired) electrons. The Morgan fingerprint density at radius 1 is 0.907 bits per heavy atom. The average molecular weight is 603 g/mol. The molecule has 2 saturated carbocycles. The van der Waals surface area contributed by atoms with E-state index in [-0.39, 0.29) is 22.7 Å². The molecule has 2 aliphatic carbocycles. The van der Waals surface area contributed by atoms with Crippen molar-refractivity contribution in [2.75, 3.05) is 0 Å². The van der Waals surface area contributed by atoms with Crippen molar-refractivity contribution in [3.8, 4) is 17.2 Å². The fourth-order valence-electron chi connectivity index (χ4n) is 8.70. The summed E-state index contributed by atoms with van der Waals surface area (Å²) in [5.74, 6) is 1.63. The summed E-state index contributed by atoms with van der Waals surface area (Å²) in [6.07, 6.45) is 4.78. The lowest BCUT2D eigenvalue weighted by Gasteiger charge is -2.64. The van der Waals surface area contributed by atoms with Gasteiger partial charge in [-0.3, -0.25) is 4.79 Å². The monoisotopic (exact) mass is 602 g/mol. The predicted molar refractivity (Wildman–Crippen MR) is 168 cm³/mol. The molecule has 0 amide bonds. The van der Waals surface area contributed by atoms with Crippen LogP contribution in [0.25, 0.3) is 0 Å². The standard InChI is InChI=1S/C37H43ClO5/c1-24(39)42-33-30-27(43-37(5)20-17-29-35(2,3)18-12-19-36(29,4)34(33)37)21-28(40-22-25-13-8-6-9-14-25)32(31(30)38)41-23-26-15-10-7-11-16-26/h6-11,13-16,21,29,33-34H,12,17-20,22-23H2,1-5H3/t29-,33?,34+,36-,37-/m0/s1. The van der Waals surface area contributed by atoms with Crippen molar-refractivity contribution in [1.82, 2.24) is 0 Å². The van der Waals surface area contributed by atoms with Crippen LogP contribution in [-0.4, -0.2) is 11.6 Å². The summed E-state index contributed by atoms with van der Waals surface area (Å²) in [6, 6.07) is 21.9. The van der Waals surface area contributed by atoms with Crippen LogP contribution in [-0.2, 0) is 22.7 Å². The van der Waals surface area contributed by atoms with Gasteiger partial charge in [-0.15, -0.1) is 0 Å². The van der Waals surface area contributed by atoms with Gasteiger partial charge in [0.15, 0.2) is 11.5 Å². The van der Waals surface area contributed by atoms with Gasteiger partial charge in [-0.1, -0.05) is 99.5 Å². The fourth-order valence-corrected chi connectivity index (χ4v) is 9.05. The van der Waals surface area contributed by atoms with Crippen molar-refractivity contribution >= 4 is 17.6 Å². The molecule has 5 nitrogen and oxygen atoms in total. The number of esters is 1. The van der Waals surface area contributed by atoms with Crippen LogP contribution in [0.3, 0.4) is 0 Å². The van der Waals surface area contributed by atoms with Gasteiger partial charge in [0.25, 0.3) is 0 Å². The number of hydrogen-bond donors (Lipinski definition) is 0. The van der Waals surface area contributed by atoms with Crippen LogP contribution in [0.15, 0.2) is 66.7 Å². The van der Waals surface area contributed by atoms with Crippen LogP contribution in [0.4, 0.5) is 0 Å². The van der Waals surface area contributed by atoms with Gasteiger partial charge in [-0.25, -0.2) is 0 Å². The van der Waals surface area contributed by atoms with Crippen LogP contribution in [0, 0.1) is 22.7 Å². The third kappa shape index (κ3) is 5.50. The van der Waals surface area contributed by atoms with Crippen molar-refractivity contribution in [2.45, 2.75) is 91.6 Å². The smallest absolute Gasteiger partial charge is 0.303 e. The summed E-state index contributed by atoms with van der Waals surface area (Å²) < 4.78 is 26.1. The largest absolute Gasteiger partial charge is 0.486 e. The fraction of sp³-hybridized carbons (Fsp3) is 0.486. The molecule has 3 aromatic carbocycles. The van der Waals surface area contributed by atoms with Crippen LogP contribution in [0.1, 0.15) is 89.5 Å². The first-order valence-corrected chi connectivity index (χ1v) is 16.0. The van der Waals surface area contributed by atoms with Gasteiger partial charge >= 0.3 is 5.97 Å². The van der Waals surface area contributed by atoms with E-state index in [9.17, 15) is 4.79 Å². The minimum atomic E-state index is -0.567. The number of benzene rings is 3. The van der Waals surface area contributed by atoms with E-state index in [1.807, 2.05) is 66.7 Å². The third-order valence-electron chi connectivity index (χ3n) is 10.4. The quantitative estimate of drug-likeness (QED) is 0.252. The molecule has 1 unspecified atom stereocenters. The summed E-state index contributed by atoms with van der Waals surface area (Å²) in [7, 11) is 0. The number of rotatable bonds is 7. The number of hydrogen-bond acceptors (Lipinski definition) is 5. The highest BCUT2D eigenvalue weighted by Crippen LogP contribution is 2.68. The Labute approximate surface area is 260 Å². The Kier molecular flexibility index (Phi) is 7.91. The Morgan fingerprint density at radius 3 is 2.16 bits per heavy atom. The SMILES string of the molecule is CC(=O)OC1c2c(cc(OCc3ccccc3)c(OCc3ccccc3)c2Cl)O[C@@]2(C)CC[C@H]3C(C)(C)CCC[C@]3(C)[C@@H]12. The summed E-state index contributed by atoms with van der Waals surface area (Å²) in [6.45, 7) is 11.5. The van der Waals surface area contributed by atoms with E-state index in [4.69, 9.17) is 30.5 Å². The summed E-state index contributed by atoms with van der Waals surface area (Å²) in [5.41, 5.74) is 2.29. The molecule has 3 aromatic rings. The highest BCUT2D eigenvalue weighted by atomic mass is 35.5. The minimum absolute atomic E-state index is 0.0646. The van der Waals surface area contributed by atoms with Gasteiger partial charge in [0, 0.05) is 18.9 Å². The maximum atomic E-state index is 12.8. The van der Waals surface area contributed by atoms with Crippen molar-refractivity contribution in [1.29, 1.82) is 0 Å². The Hall–Kier alpha value is -3.18. The van der Waals surface area contributed by atoms with Gasteiger partial charge < -0.3 is 18.9 Å². The molecule has 0 aromatic heterocycles. The minimum Gasteiger partial charge on any atom is -0.486 e. The lowest BCUT2D eigenvalue weighted by molar-refractivity contribution is -0.212. The zero-order valence-corrected chi connectivity index (χ0v) is 26.7. The van der Waals surface area contributed by atoms with E-state index >= 15 is 0 Å². The Bertz CT molecular complexity index is 1470. The highest BCUT2D eigenvalue weighted by Gasteiger charge is 2.65. The predicted octanol–water partition coefficient (Wildman–Crippen LogP) is 9.50. The van der Waals surface area contributed by atoms with Crippen LogP contribution in [0.2, 0.25) is 5.02 Å². The topological polar surface area (TPSA) is 54.0 Å². The molecule has 5 atom stereocenters. The lowest BCUT2D eigenvalue weighted by Crippen LogP contribution is -2.63. The summed E-state index contributed by atoms with van der Waals surface area (Å²) >= 11 is 7.33. The lowest BCUT2D eigenvalue weighted by atomic mass is 9.44. The normalized spacial score (nSPS) is 28.8. The van der Waals surface area contributed by atoms with Crippen molar-refractivity contribution < 1.29 is 23.7 Å². The third-order valence-corrected chi connectivity index (χ3v) is 10.8. The summed E-state index contributed by atoms with van der Waals surface area (Å²) in [5, 5.41) is 0.380. The van der Waals surface area contributed by atoms with Gasteiger partial charge in [0.2, 0.25) is 0 Å². The molecule has 3 aliphatic rings. The average Bonchev–Trinajstić information content (AvgIpc) is 2.95. The van der Waals surface area contributed by atoms with Crippen LogP contribution < -0.4 is 14.2 Å². The van der Waals surface area contributed by atoms with E-state index in [2.05, 4.69) is 27.7 Å². The number of halogens is 1. The van der Waals surface area contributed by atoms with E-state index in [0.717, 1.165) is 36.8 Å². The zero-order chi connectivity index (χ0) is 30.4. The molecule has 6 heteroatoms. The first-order chi connectivity index (χ1) is 20.5. The van der Waals surface area contributed by atoms with Gasteiger partial charge in [0.05, 0.1) is 10.6 Å². The molecule has 43 heavy (non-hydrogen) atoms. The molecule has 0 bridgehead atoms. The van der Waals surface area contributed by atoms with Crippen molar-refractivity contribution in [2.24, 2.45) is 22.7 Å². The molecule has 0 saturated heterocycles. The van der Waals surface area contributed by atoms with Crippen LogP contribution >= 0.6 is 11.6 Å². The van der Waals surface area contributed by atoms with Crippen molar-refractivity contribution in [3.05, 3.63) is 88.4 Å². The molecule has 1 aliphatic heterocycles. The highest BCUT2D eigenvalue weighted by molar-refractivity contribution is 6.33. The zero-order valence-electron chi connectivity index (χ0n) is 26.0. The van der Waals surface area contributed by atoms with Gasteiger partial charge in [-0.2, -0.15) is 0 Å². The Balaban J connectivity index is 1.47. The second kappa shape index (κ2) is 11.4. The number of carbonyl (C=O) groups excluding carboxylic acids is 1. The molecular formula is C37H43ClO5. The summed E-state index contributed by atoms with van der Waals surface area (Å²) in [4.78, 5) is 12.8. The maximum Gasteiger partial charge on any atom is 0.303 e. The molecule has 0 N–H and O–H groups in total. The molecule has 228 valence electrons. The first kappa shape index (κ1) is 29.9. The van der Waals surface area contributed by atoms with E-state index < -0.39 is 11.7 Å². The van der Waals surface area contributed by atoms with Gasteiger partial charge in [-0.05, 0) is 60.5 Å². The number of ether oxygens (including phenoxy) is 4. The second-order valence-electron chi connectivity index (χ2n) is 13.8. The molecule has 0 spiro atoms. The number of fused-ring (bicyclic) bond motifs is 4. The van der Waals surface area contributed by atoms with E-state index in [1.165, 1.54) is 13.3 Å². The van der Waals surface area contributed by atoms with Crippen LogP contribution in [0.5, 0.6) is 17.2 Å². The van der Waals surface area contributed by atoms with Crippen molar-refractivity contribution in [3.63, 3.8) is 0 Å². The molecule has 1 heterocycles. The molecule has 6 rings (SSSR count). The number of carbonyl (C=O) groups is 1. The first-order valence-electron chi connectivity index (χ1n) is 15.6.